The number of H-pyrrole nitrogens is 1. The van der Waals surface area contributed by atoms with Gasteiger partial charge in [0.05, 0.1) is 0 Å². The van der Waals surface area contributed by atoms with E-state index in [9.17, 15) is 0 Å². The molecule has 2 N–H and O–H groups in total. The van der Waals surface area contributed by atoms with Crippen molar-refractivity contribution in [3.63, 3.8) is 0 Å². The van der Waals surface area contributed by atoms with E-state index in [0.29, 0.717) is 0 Å². The Morgan fingerprint density at radius 2 is 1.90 bits per heavy atom. The molecular weight excluding hydrogens is 303 g/mol. The lowest BCUT2D eigenvalue weighted by atomic mass is 10.1. The van der Waals surface area contributed by atoms with Crippen molar-refractivity contribution in [2.24, 2.45) is 0 Å². The first-order valence-electron chi connectivity index (χ1n) is 6.83. The zero-order valence-electron chi connectivity index (χ0n) is 11.6. The number of hydrogen-bond donors (Lipinski definition) is 2. The summed E-state index contributed by atoms with van der Waals surface area (Å²) in [6, 6.07) is 16.4. The quantitative estimate of drug-likeness (QED) is 0.679. The van der Waals surface area contributed by atoms with Gasteiger partial charge in [0, 0.05) is 28.7 Å². The van der Waals surface area contributed by atoms with Gasteiger partial charge in [0.1, 0.15) is 0 Å². The molecule has 0 amide bonds. The molecule has 0 fully saturated rings. The molecule has 3 rings (SSSR count). The van der Waals surface area contributed by atoms with Gasteiger partial charge in [-0.3, -0.25) is 0 Å². The maximum Gasteiger partial charge on any atom is 0.0456 e. The van der Waals surface area contributed by atoms with E-state index in [1.807, 2.05) is 18.2 Å². The molecule has 0 radical (unpaired) electrons. The summed E-state index contributed by atoms with van der Waals surface area (Å²) in [6.45, 7) is 1.80. The van der Waals surface area contributed by atoms with Crippen LogP contribution < -0.4 is 17.7 Å². The number of fused-ring (bicyclic) bond motifs is 1. The Hall–Kier alpha value is -1.48. The number of benzene rings is 2. The second kappa shape index (κ2) is 7.51. The lowest BCUT2D eigenvalue weighted by Gasteiger charge is -2.05. The molecule has 2 aromatic carbocycles. The Morgan fingerprint density at radius 3 is 2.76 bits per heavy atom. The summed E-state index contributed by atoms with van der Waals surface area (Å²) in [7, 11) is 0. The highest BCUT2D eigenvalue weighted by molar-refractivity contribution is 6.30. The van der Waals surface area contributed by atoms with E-state index >= 15 is 0 Å². The van der Waals surface area contributed by atoms with Gasteiger partial charge < -0.3 is 22.7 Å². The molecule has 0 atom stereocenters. The molecule has 0 bridgehead atoms. The van der Waals surface area contributed by atoms with E-state index in [0.717, 1.165) is 24.5 Å². The highest BCUT2D eigenvalue weighted by Gasteiger charge is 2.02. The number of para-hydroxylation sites is 1. The van der Waals surface area contributed by atoms with Gasteiger partial charge in [0.25, 0.3) is 0 Å². The first-order valence-corrected chi connectivity index (χ1v) is 7.21. The lowest BCUT2D eigenvalue weighted by Crippen LogP contribution is -3.00. The predicted molar refractivity (Wildman–Crippen MR) is 85.2 cm³/mol. The Kier molecular flexibility index (Phi) is 5.68. The summed E-state index contributed by atoms with van der Waals surface area (Å²) >= 11 is 5.97. The molecule has 21 heavy (non-hydrogen) atoms. The molecule has 0 saturated heterocycles. The van der Waals surface area contributed by atoms with Crippen LogP contribution in [0.4, 0.5) is 0 Å². The van der Waals surface area contributed by atoms with E-state index in [1.54, 1.807) is 0 Å². The van der Waals surface area contributed by atoms with Crippen LogP contribution in [0.5, 0.6) is 0 Å². The smallest absolute Gasteiger partial charge is 0.0456 e. The van der Waals surface area contributed by atoms with Crippen LogP contribution in [0, 0.1) is 0 Å². The van der Waals surface area contributed by atoms with Crippen molar-refractivity contribution in [2.75, 3.05) is 6.54 Å². The highest BCUT2D eigenvalue weighted by Crippen LogP contribution is 2.17. The molecular formula is C17H17Cl2N2-. The molecule has 2 nitrogen and oxygen atoms in total. The van der Waals surface area contributed by atoms with Crippen LogP contribution in [-0.2, 0) is 13.0 Å². The van der Waals surface area contributed by atoms with Crippen LogP contribution in [0.3, 0.4) is 0 Å². The van der Waals surface area contributed by atoms with Crippen molar-refractivity contribution in [1.29, 1.82) is 0 Å². The van der Waals surface area contributed by atoms with Crippen molar-refractivity contribution in [3.8, 4) is 0 Å². The largest absolute Gasteiger partial charge is 1.00 e. The Bertz CT molecular complexity index is 707. The fourth-order valence-corrected chi connectivity index (χ4v) is 2.65. The number of nitrogens with one attached hydrogen (secondary N) is 2. The molecule has 4 heteroatoms. The van der Waals surface area contributed by atoms with Gasteiger partial charge in [0.15, 0.2) is 0 Å². The fourth-order valence-electron chi connectivity index (χ4n) is 2.44. The molecule has 0 unspecified atom stereocenters. The first kappa shape index (κ1) is 15.9. The summed E-state index contributed by atoms with van der Waals surface area (Å²) < 4.78 is 0. The van der Waals surface area contributed by atoms with Gasteiger partial charge in [-0.25, -0.2) is 0 Å². The van der Waals surface area contributed by atoms with Crippen LogP contribution in [-0.4, -0.2) is 11.5 Å². The zero-order chi connectivity index (χ0) is 13.8. The van der Waals surface area contributed by atoms with Crippen LogP contribution >= 0.6 is 11.6 Å². The Morgan fingerprint density at radius 1 is 1.05 bits per heavy atom. The van der Waals surface area contributed by atoms with Crippen LogP contribution in [0.2, 0.25) is 5.02 Å². The van der Waals surface area contributed by atoms with Gasteiger partial charge in [-0.15, -0.1) is 0 Å². The van der Waals surface area contributed by atoms with Gasteiger partial charge in [-0.1, -0.05) is 41.9 Å². The topological polar surface area (TPSA) is 27.8 Å². The second-order valence-electron chi connectivity index (χ2n) is 4.92. The molecule has 1 heterocycles. The van der Waals surface area contributed by atoms with Gasteiger partial charge in [0.2, 0.25) is 0 Å². The van der Waals surface area contributed by atoms with Gasteiger partial charge >= 0.3 is 0 Å². The third-order valence-electron chi connectivity index (χ3n) is 3.46. The first-order chi connectivity index (χ1) is 9.83. The third kappa shape index (κ3) is 4.01. The lowest BCUT2D eigenvalue weighted by molar-refractivity contribution is -0.00000396. The maximum absolute atomic E-state index is 5.97. The summed E-state index contributed by atoms with van der Waals surface area (Å²) in [6.07, 6.45) is 3.12. The number of rotatable bonds is 5. The SMILES string of the molecule is Clc1cccc(CNCCc2c[nH]c3ccccc23)c1.[Cl-]. The summed E-state index contributed by atoms with van der Waals surface area (Å²) in [5.74, 6) is 0. The normalized spacial score (nSPS) is 10.5. The van der Waals surface area contributed by atoms with Crippen LogP contribution in [0.1, 0.15) is 11.1 Å². The van der Waals surface area contributed by atoms with E-state index in [4.69, 9.17) is 11.6 Å². The average Bonchev–Trinajstić information content (AvgIpc) is 2.87. The van der Waals surface area contributed by atoms with Crippen molar-refractivity contribution in [3.05, 3.63) is 70.9 Å². The summed E-state index contributed by atoms with van der Waals surface area (Å²) in [4.78, 5) is 3.31. The van der Waals surface area contributed by atoms with Gasteiger partial charge in [-0.2, -0.15) is 0 Å². The molecule has 0 aliphatic heterocycles. The minimum atomic E-state index is 0. The minimum Gasteiger partial charge on any atom is -1.00 e. The molecule has 0 spiro atoms. The van der Waals surface area contributed by atoms with Crippen molar-refractivity contribution in [1.82, 2.24) is 10.3 Å². The number of aromatic nitrogens is 1. The minimum absolute atomic E-state index is 0. The van der Waals surface area contributed by atoms with E-state index in [-0.39, 0.29) is 12.4 Å². The van der Waals surface area contributed by atoms with E-state index in [1.165, 1.54) is 22.0 Å². The third-order valence-corrected chi connectivity index (χ3v) is 3.70. The molecule has 110 valence electrons. The molecule has 0 aliphatic carbocycles. The fraction of sp³-hybridized carbons (Fsp3) is 0.176. The van der Waals surface area contributed by atoms with Crippen molar-refractivity contribution in [2.45, 2.75) is 13.0 Å². The summed E-state index contributed by atoms with van der Waals surface area (Å²) in [5, 5.41) is 5.57. The predicted octanol–water partition coefficient (Wildman–Crippen LogP) is 1.16. The van der Waals surface area contributed by atoms with Crippen LogP contribution in [0.15, 0.2) is 54.7 Å². The zero-order valence-corrected chi connectivity index (χ0v) is 13.1. The Balaban J connectivity index is 0.00000161. The average molecular weight is 320 g/mol. The number of halogens is 2. The molecule has 1 aromatic heterocycles. The summed E-state index contributed by atoms with van der Waals surface area (Å²) in [5.41, 5.74) is 3.79. The van der Waals surface area contributed by atoms with E-state index < -0.39 is 0 Å². The molecule has 0 aliphatic rings. The standard InChI is InChI=1S/C17H17ClN2.ClH/c18-15-5-3-4-13(10-15)11-19-9-8-14-12-20-17-7-2-1-6-16(14)17;/h1-7,10,12,19-20H,8-9,11H2;1H/p-1. The van der Waals surface area contributed by atoms with Crippen molar-refractivity contribution >= 4 is 22.5 Å². The maximum atomic E-state index is 5.97. The second-order valence-corrected chi connectivity index (χ2v) is 5.35. The number of hydrogen-bond acceptors (Lipinski definition) is 1. The monoisotopic (exact) mass is 319 g/mol. The van der Waals surface area contributed by atoms with Gasteiger partial charge in [-0.05, 0) is 42.3 Å². The highest BCUT2D eigenvalue weighted by atomic mass is 35.5. The van der Waals surface area contributed by atoms with Crippen molar-refractivity contribution < 1.29 is 12.4 Å². The Labute approximate surface area is 135 Å². The molecule has 0 saturated carbocycles. The van der Waals surface area contributed by atoms with E-state index in [2.05, 4.69) is 46.8 Å². The number of aromatic amines is 1. The molecule has 3 aromatic rings. The van der Waals surface area contributed by atoms with Crippen LogP contribution in [0.25, 0.3) is 10.9 Å².